The van der Waals surface area contributed by atoms with Gasteiger partial charge in [0.15, 0.2) is 0 Å². The number of fused-ring (bicyclic) bond motifs is 1. The summed E-state index contributed by atoms with van der Waals surface area (Å²) in [5.41, 5.74) is 13.3. The van der Waals surface area contributed by atoms with Crippen molar-refractivity contribution in [1.82, 2.24) is 4.90 Å². The summed E-state index contributed by atoms with van der Waals surface area (Å²) in [6.07, 6.45) is -1.04. The van der Waals surface area contributed by atoms with E-state index in [1.807, 2.05) is 0 Å². The summed E-state index contributed by atoms with van der Waals surface area (Å²) in [4.78, 5) is 37.6. The van der Waals surface area contributed by atoms with E-state index in [1.165, 1.54) is 11.8 Å². The maximum absolute atomic E-state index is 12.1. The number of ether oxygens (including phenoxy) is 1. The van der Waals surface area contributed by atoms with Crippen molar-refractivity contribution in [1.29, 1.82) is 0 Å². The van der Waals surface area contributed by atoms with Crippen LogP contribution in [0.2, 0.25) is 0 Å². The van der Waals surface area contributed by atoms with Crippen LogP contribution in [0.25, 0.3) is 10.4 Å². The molecule has 0 aromatic heterocycles. The number of carbonyl (C=O) groups excluding carboxylic acids is 2. The monoisotopic (exact) mass is 377 g/mol. The Morgan fingerprint density at radius 2 is 2.38 bits per heavy atom. The van der Waals surface area contributed by atoms with Gasteiger partial charge in [-0.05, 0) is 5.53 Å². The van der Waals surface area contributed by atoms with Gasteiger partial charge in [-0.3, -0.25) is 9.69 Å². The number of nitrogens with zero attached hydrogens (tertiary/aromatic N) is 4. The van der Waals surface area contributed by atoms with Gasteiger partial charge in [0.05, 0.1) is 0 Å². The van der Waals surface area contributed by atoms with Crippen molar-refractivity contribution in [2.24, 2.45) is 10.8 Å². The number of hydrogen-bond acceptors (Lipinski definition) is 6. The van der Waals surface area contributed by atoms with Gasteiger partial charge in [0.2, 0.25) is 4.45 Å². The first kappa shape index (κ1) is 15.5. The molecule has 2 aliphatic rings. The van der Waals surface area contributed by atoms with Crippen LogP contribution in [0.5, 0.6) is 0 Å². The summed E-state index contributed by atoms with van der Waals surface area (Å²) < 4.78 is 3.08. The van der Waals surface area contributed by atoms with Gasteiger partial charge in [-0.2, -0.15) is 0 Å². The number of alkyl halides is 1. The molecule has 21 heavy (non-hydrogen) atoms. The Labute approximate surface area is 130 Å². The van der Waals surface area contributed by atoms with Gasteiger partial charge < -0.3 is 15.6 Å². The molecule has 2 aliphatic heterocycles. The van der Waals surface area contributed by atoms with Crippen molar-refractivity contribution < 1.29 is 24.2 Å². The van der Waals surface area contributed by atoms with E-state index in [2.05, 4.69) is 30.7 Å². The van der Waals surface area contributed by atoms with E-state index in [1.54, 1.807) is 0 Å². The van der Waals surface area contributed by atoms with Gasteiger partial charge in [-0.25, -0.2) is 9.59 Å². The summed E-state index contributed by atoms with van der Waals surface area (Å²) in [5, 5.41) is 12.0. The van der Waals surface area contributed by atoms with Gasteiger partial charge in [0.1, 0.15) is 17.7 Å². The number of halogens is 1. The second kappa shape index (κ2) is 5.47. The molecule has 2 rings (SSSR count). The van der Waals surface area contributed by atoms with Crippen molar-refractivity contribution in [2.75, 3.05) is 12.4 Å². The molecule has 2 amide bonds. The molecule has 10 nitrogen and oxygen atoms in total. The number of carboxylic acids is 1. The van der Waals surface area contributed by atoms with Crippen LogP contribution in [0.3, 0.4) is 0 Å². The van der Waals surface area contributed by atoms with Crippen molar-refractivity contribution in [3.8, 4) is 0 Å². The second-order valence-electron chi connectivity index (χ2n) is 4.07. The van der Waals surface area contributed by atoms with E-state index >= 15 is 0 Å². The molecule has 12 heteroatoms. The molecule has 0 saturated carbocycles. The molecule has 112 valence electrons. The summed E-state index contributed by atoms with van der Waals surface area (Å²) >= 11 is 4.23. The molecule has 1 saturated heterocycles. The van der Waals surface area contributed by atoms with Gasteiger partial charge in [0, 0.05) is 16.2 Å². The lowest BCUT2D eigenvalue weighted by atomic mass is 10.0. The molecule has 0 spiro atoms. The number of amides is 2. The lowest BCUT2D eigenvalue weighted by Crippen LogP contribution is -2.69. The molecule has 1 fully saturated rings. The Kier molecular flexibility index (Phi) is 4.03. The third-order valence-electron chi connectivity index (χ3n) is 2.85. The van der Waals surface area contributed by atoms with Gasteiger partial charge >= 0.3 is 12.1 Å². The van der Waals surface area contributed by atoms with Crippen molar-refractivity contribution in [3.63, 3.8) is 0 Å². The molecule has 2 atom stereocenters. The smallest absolute Gasteiger partial charge is 0.404 e. The molecule has 0 aromatic carbocycles. The number of carboxylic acid groups (broad SMARTS) is 1. The first-order chi connectivity index (χ1) is 9.82. The summed E-state index contributed by atoms with van der Waals surface area (Å²) in [7, 11) is 0. The topological polar surface area (TPSA) is 159 Å². The Balaban J connectivity index is 2.35. The number of aliphatic carboxylic acids is 1. The highest BCUT2D eigenvalue weighted by molar-refractivity contribution is 9.10. The van der Waals surface area contributed by atoms with Crippen LogP contribution in [0.1, 0.15) is 0 Å². The van der Waals surface area contributed by atoms with Crippen LogP contribution in [0.15, 0.2) is 16.4 Å². The van der Waals surface area contributed by atoms with Crippen LogP contribution < -0.4 is 5.73 Å². The van der Waals surface area contributed by atoms with Crippen LogP contribution in [0.4, 0.5) is 4.79 Å². The lowest BCUT2D eigenvalue weighted by molar-refractivity contribution is -0.149. The molecular formula is C9H8BrN5O5S. The van der Waals surface area contributed by atoms with E-state index < -0.39 is 27.8 Å². The van der Waals surface area contributed by atoms with Crippen LogP contribution in [0, 0.1) is 0 Å². The fraction of sp³-hybridized carbons (Fsp3) is 0.444. The number of β-lactam (4-membered cyclic amide) rings is 1. The summed E-state index contributed by atoms with van der Waals surface area (Å²) in [5.74, 6) is -1.84. The summed E-state index contributed by atoms with van der Waals surface area (Å²) in [6.45, 7) is -0.322. The van der Waals surface area contributed by atoms with E-state index in [0.29, 0.717) is 0 Å². The SMILES string of the molecule is [N-]=[N+]=NC1(Br)C(=O)N2C(C(=O)O)=C(COC(N)=O)CS[C@@H]21. The average Bonchev–Trinajstić information content (AvgIpc) is 2.43. The maximum atomic E-state index is 12.1. The first-order valence-electron chi connectivity index (χ1n) is 5.41. The number of hydrogen-bond donors (Lipinski definition) is 2. The quantitative estimate of drug-likeness (QED) is 0.183. The van der Waals surface area contributed by atoms with Crippen molar-refractivity contribution in [3.05, 3.63) is 21.7 Å². The predicted molar refractivity (Wildman–Crippen MR) is 74.1 cm³/mol. The fourth-order valence-electron chi connectivity index (χ4n) is 1.99. The Morgan fingerprint density at radius 1 is 1.71 bits per heavy atom. The molecule has 1 unspecified atom stereocenters. The minimum absolute atomic E-state index is 0.192. The average molecular weight is 378 g/mol. The maximum Gasteiger partial charge on any atom is 0.404 e. The highest BCUT2D eigenvalue weighted by Gasteiger charge is 2.63. The molecular weight excluding hydrogens is 370 g/mol. The van der Waals surface area contributed by atoms with Crippen LogP contribution in [-0.4, -0.2) is 50.2 Å². The lowest BCUT2D eigenvalue weighted by Gasteiger charge is -2.52. The third-order valence-corrected chi connectivity index (χ3v) is 5.47. The molecule has 2 heterocycles. The molecule has 0 radical (unpaired) electrons. The number of thioether (sulfide) groups is 1. The Bertz CT molecular complexity index is 618. The van der Waals surface area contributed by atoms with Crippen molar-refractivity contribution >= 4 is 45.7 Å². The third kappa shape index (κ3) is 2.41. The highest BCUT2D eigenvalue weighted by atomic mass is 79.9. The number of carbonyl (C=O) groups is 3. The number of nitrogens with two attached hydrogens (primary N) is 1. The minimum Gasteiger partial charge on any atom is -0.477 e. The fourth-order valence-corrected chi connectivity index (χ4v) is 4.15. The zero-order chi connectivity index (χ0) is 15.8. The van der Waals surface area contributed by atoms with Gasteiger partial charge in [-0.1, -0.05) is 21.0 Å². The largest absolute Gasteiger partial charge is 0.477 e. The van der Waals surface area contributed by atoms with Crippen LogP contribution >= 0.6 is 27.7 Å². The van der Waals surface area contributed by atoms with E-state index in [0.717, 1.165) is 4.90 Å². The summed E-state index contributed by atoms with van der Waals surface area (Å²) in [6, 6.07) is 0. The molecule has 0 bridgehead atoms. The zero-order valence-corrected chi connectivity index (χ0v) is 12.6. The minimum atomic E-state index is -1.50. The highest BCUT2D eigenvalue weighted by Crippen LogP contribution is 2.51. The van der Waals surface area contributed by atoms with E-state index in [4.69, 9.17) is 11.3 Å². The van der Waals surface area contributed by atoms with E-state index in [-0.39, 0.29) is 23.6 Å². The number of rotatable bonds is 4. The van der Waals surface area contributed by atoms with Crippen molar-refractivity contribution in [2.45, 2.75) is 9.82 Å². The Morgan fingerprint density at radius 3 is 2.90 bits per heavy atom. The number of azide groups is 1. The molecule has 0 aliphatic carbocycles. The number of primary amides is 1. The Hall–Kier alpha value is -1.91. The van der Waals surface area contributed by atoms with Gasteiger partial charge in [0.25, 0.3) is 5.91 Å². The van der Waals surface area contributed by atoms with Crippen LogP contribution in [-0.2, 0) is 14.3 Å². The molecule has 3 N–H and O–H groups in total. The zero-order valence-electron chi connectivity index (χ0n) is 10.2. The predicted octanol–water partition coefficient (Wildman–Crippen LogP) is 0.737. The normalized spacial score (nSPS) is 27.4. The second-order valence-corrected chi connectivity index (χ2v) is 6.34. The van der Waals surface area contributed by atoms with E-state index in [9.17, 15) is 19.5 Å². The van der Waals surface area contributed by atoms with Gasteiger partial charge in [-0.15, -0.1) is 11.8 Å². The standard InChI is InChI=1S/C9H8BrN5O5S/c10-9(13-14-12)6(18)15-4(5(16)17)3(1-20-8(11)19)2-21-7(9)15/h7H,1-2H2,(H2,11,19)(H,16,17)/t7-,9?/m1/s1. The first-order valence-corrected chi connectivity index (χ1v) is 7.25. The molecule has 0 aromatic rings.